The molecule has 0 aromatic carbocycles. The number of ketones is 1. The number of nitrogens with one attached hydrogen (secondary N) is 1. The van der Waals surface area contributed by atoms with E-state index in [-0.39, 0.29) is 17.9 Å². The Morgan fingerprint density at radius 1 is 1.42 bits per heavy atom. The Kier molecular flexibility index (Phi) is 6.45. The summed E-state index contributed by atoms with van der Waals surface area (Å²) < 4.78 is 8.03. The van der Waals surface area contributed by atoms with E-state index in [0.717, 1.165) is 29.8 Å². The Bertz CT molecular complexity index is 1060. The third-order valence-electron chi connectivity index (χ3n) is 5.55. The second-order valence-electron chi connectivity index (χ2n) is 8.17. The number of hydrogen-bond acceptors (Lipinski definition) is 8. The van der Waals surface area contributed by atoms with Gasteiger partial charge in [-0.15, -0.1) is 11.3 Å². The lowest BCUT2D eigenvalue weighted by atomic mass is 10.0. The predicted octanol–water partition coefficient (Wildman–Crippen LogP) is 3.18. The number of hydrogen-bond donors (Lipinski definition) is 2. The highest BCUT2D eigenvalue weighted by Gasteiger charge is 2.28. The number of nitrogens with zero attached hydrogens (tertiary/aromatic N) is 4. The molecule has 0 fully saturated rings. The first-order chi connectivity index (χ1) is 15.0. The highest BCUT2D eigenvalue weighted by atomic mass is 32.1. The van der Waals surface area contributed by atoms with E-state index in [4.69, 9.17) is 10.5 Å². The lowest BCUT2D eigenvalue weighted by Crippen LogP contribution is -2.24. The zero-order chi connectivity index (χ0) is 22.0. The lowest BCUT2D eigenvalue weighted by Gasteiger charge is -2.24. The van der Waals surface area contributed by atoms with Crippen LogP contribution in [0, 0.1) is 12.8 Å². The van der Waals surface area contributed by atoms with Gasteiger partial charge in [-0.1, -0.05) is 6.92 Å². The van der Waals surface area contributed by atoms with Gasteiger partial charge >= 0.3 is 0 Å². The first-order valence-electron chi connectivity index (χ1n) is 10.5. The second kappa shape index (κ2) is 9.25. The van der Waals surface area contributed by atoms with Crippen molar-refractivity contribution in [3.8, 4) is 0 Å². The van der Waals surface area contributed by atoms with E-state index < -0.39 is 0 Å². The van der Waals surface area contributed by atoms with Crippen molar-refractivity contribution in [3.05, 3.63) is 57.4 Å². The van der Waals surface area contributed by atoms with Crippen LogP contribution in [0.25, 0.3) is 0 Å². The molecule has 164 valence electrons. The molecule has 8 nitrogen and oxygen atoms in total. The fraction of sp³-hybridized carbons (Fsp3) is 0.455. The van der Waals surface area contributed by atoms with E-state index in [9.17, 15) is 4.79 Å². The predicted molar refractivity (Wildman–Crippen MR) is 120 cm³/mol. The summed E-state index contributed by atoms with van der Waals surface area (Å²) in [5.41, 5.74) is 9.32. The normalized spacial score (nSPS) is 17.7. The Hall–Kier alpha value is -2.62. The molecule has 0 radical (unpaired) electrons. The first-order valence-corrected chi connectivity index (χ1v) is 11.4. The van der Waals surface area contributed by atoms with Crippen LogP contribution in [-0.4, -0.2) is 44.7 Å². The molecule has 0 aliphatic carbocycles. The van der Waals surface area contributed by atoms with Crippen LogP contribution in [0.15, 0.2) is 30.2 Å². The average molecular weight is 441 g/mol. The number of ether oxygens (including phenoxy) is 1. The maximum absolute atomic E-state index is 13.3. The zero-order valence-corrected chi connectivity index (χ0v) is 18.9. The monoisotopic (exact) mass is 440 g/mol. The first kappa shape index (κ1) is 21.6. The fourth-order valence-corrected chi connectivity index (χ4v) is 4.82. The summed E-state index contributed by atoms with van der Waals surface area (Å²) in [5.74, 6) is 0.838. The molecule has 4 rings (SSSR count). The van der Waals surface area contributed by atoms with Gasteiger partial charge in [-0.3, -0.25) is 9.48 Å². The number of nitrogens with two attached hydrogens (primary N) is 1. The molecule has 0 amide bonds. The van der Waals surface area contributed by atoms with Crippen LogP contribution in [0.4, 0.5) is 5.82 Å². The number of aromatic nitrogens is 4. The highest BCUT2D eigenvalue weighted by molar-refractivity contribution is 7.12. The topological polar surface area (TPSA) is 108 Å². The molecular weight excluding hydrogens is 412 g/mol. The minimum atomic E-state index is -0.212. The summed E-state index contributed by atoms with van der Waals surface area (Å²) >= 11 is 1.41. The molecule has 0 bridgehead atoms. The van der Waals surface area contributed by atoms with Crippen LogP contribution in [-0.2, 0) is 11.3 Å². The maximum atomic E-state index is 13.3. The highest BCUT2D eigenvalue weighted by Crippen LogP contribution is 2.34. The molecule has 3 aromatic heterocycles. The van der Waals surface area contributed by atoms with Crippen molar-refractivity contribution in [1.29, 1.82) is 0 Å². The summed E-state index contributed by atoms with van der Waals surface area (Å²) in [6, 6.07) is 2.05. The minimum absolute atomic E-state index is 0.0977. The van der Waals surface area contributed by atoms with Gasteiger partial charge in [0.05, 0.1) is 35.5 Å². The summed E-state index contributed by atoms with van der Waals surface area (Å²) in [7, 11) is 0. The summed E-state index contributed by atoms with van der Waals surface area (Å²) in [6.07, 6.45) is 5.58. The van der Waals surface area contributed by atoms with Crippen molar-refractivity contribution >= 4 is 22.9 Å². The molecule has 0 saturated heterocycles. The molecule has 3 atom stereocenters. The molecule has 3 aromatic rings. The van der Waals surface area contributed by atoms with Gasteiger partial charge in [-0.2, -0.15) is 5.10 Å². The number of rotatable bonds is 8. The van der Waals surface area contributed by atoms with Gasteiger partial charge < -0.3 is 15.8 Å². The Labute approximate surface area is 185 Å². The SMILES string of the molecule is Cc1cnn2c1C(c1csc(C(=O)c3cncnc3NC(C)CC(C)CN)c1)OCC2. The summed E-state index contributed by atoms with van der Waals surface area (Å²) in [4.78, 5) is 22.3. The van der Waals surface area contributed by atoms with Crippen LogP contribution < -0.4 is 11.1 Å². The lowest BCUT2D eigenvalue weighted by molar-refractivity contribution is 0.0420. The van der Waals surface area contributed by atoms with Crippen LogP contribution in [0.1, 0.15) is 58.4 Å². The van der Waals surface area contributed by atoms with Gasteiger partial charge in [0.25, 0.3) is 0 Å². The van der Waals surface area contributed by atoms with Crippen LogP contribution in [0.5, 0.6) is 0 Å². The van der Waals surface area contributed by atoms with Crippen molar-refractivity contribution in [1.82, 2.24) is 19.7 Å². The Balaban J connectivity index is 1.56. The molecule has 0 spiro atoms. The van der Waals surface area contributed by atoms with Gasteiger partial charge in [-0.25, -0.2) is 9.97 Å². The van der Waals surface area contributed by atoms with Crippen LogP contribution in [0.2, 0.25) is 0 Å². The number of thiophene rings is 1. The molecule has 1 aliphatic heterocycles. The molecular formula is C22H28N6O2S. The van der Waals surface area contributed by atoms with Crippen molar-refractivity contribution < 1.29 is 9.53 Å². The second-order valence-corrected chi connectivity index (χ2v) is 9.08. The summed E-state index contributed by atoms with van der Waals surface area (Å²) in [5, 5.41) is 9.77. The van der Waals surface area contributed by atoms with Gasteiger partial charge in [0, 0.05) is 12.2 Å². The van der Waals surface area contributed by atoms with Crippen molar-refractivity contribution in [2.24, 2.45) is 11.7 Å². The molecule has 0 saturated carbocycles. The van der Waals surface area contributed by atoms with Crippen molar-refractivity contribution in [2.45, 2.75) is 45.9 Å². The van der Waals surface area contributed by atoms with Crippen molar-refractivity contribution in [3.63, 3.8) is 0 Å². The van der Waals surface area contributed by atoms with Gasteiger partial charge in [0.1, 0.15) is 18.2 Å². The third-order valence-corrected chi connectivity index (χ3v) is 6.50. The minimum Gasteiger partial charge on any atom is -0.367 e. The largest absolute Gasteiger partial charge is 0.367 e. The van der Waals surface area contributed by atoms with E-state index >= 15 is 0 Å². The maximum Gasteiger partial charge on any atom is 0.208 e. The number of aryl methyl sites for hydroxylation is 1. The standard InChI is InChI=1S/C22H28N6O2S/c1-13(8-23)6-15(3)27-22-17(10-24-12-25-22)20(29)18-7-16(11-31-18)21-19-14(2)9-26-28(19)4-5-30-21/h7,9-13,15,21H,4-6,8,23H2,1-3H3,(H,24,25,27). The molecule has 3 N–H and O–H groups in total. The Morgan fingerprint density at radius 2 is 2.26 bits per heavy atom. The molecule has 3 unspecified atom stereocenters. The number of carbonyl (C=O) groups excluding carboxylic acids is 1. The molecule has 31 heavy (non-hydrogen) atoms. The van der Waals surface area contributed by atoms with Gasteiger partial charge in [-0.05, 0) is 55.3 Å². The Morgan fingerprint density at radius 3 is 3.06 bits per heavy atom. The number of carbonyl (C=O) groups is 1. The molecule has 4 heterocycles. The molecule has 9 heteroatoms. The smallest absolute Gasteiger partial charge is 0.208 e. The van der Waals surface area contributed by atoms with E-state index in [1.807, 2.05) is 29.2 Å². The van der Waals surface area contributed by atoms with E-state index in [1.165, 1.54) is 17.7 Å². The van der Waals surface area contributed by atoms with Crippen LogP contribution in [0.3, 0.4) is 0 Å². The number of fused-ring (bicyclic) bond motifs is 1. The average Bonchev–Trinajstić information content (AvgIpc) is 3.41. The fourth-order valence-electron chi connectivity index (χ4n) is 3.94. The van der Waals surface area contributed by atoms with Gasteiger partial charge in [0.2, 0.25) is 5.78 Å². The quantitative estimate of drug-likeness (QED) is 0.518. The molecule has 1 aliphatic rings. The zero-order valence-electron chi connectivity index (χ0n) is 18.0. The van der Waals surface area contributed by atoms with E-state index in [1.54, 1.807) is 6.20 Å². The van der Waals surface area contributed by atoms with Gasteiger partial charge in [0.15, 0.2) is 0 Å². The number of anilines is 1. The van der Waals surface area contributed by atoms with E-state index in [2.05, 4.69) is 34.2 Å². The summed E-state index contributed by atoms with van der Waals surface area (Å²) in [6.45, 7) is 8.17. The third kappa shape index (κ3) is 4.53. The van der Waals surface area contributed by atoms with Crippen LogP contribution >= 0.6 is 11.3 Å². The van der Waals surface area contributed by atoms with Crippen molar-refractivity contribution in [2.75, 3.05) is 18.5 Å². The van der Waals surface area contributed by atoms with E-state index in [0.29, 0.717) is 35.3 Å².